The van der Waals surface area contributed by atoms with Crippen LogP contribution in [0.5, 0.6) is 5.75 Å². The van der Waals surface area contributed by atoms with Crippen LogP contribution < -0.4 is 15.6 Å². The zero-order chi connectivity index (χ0) is 16.9. The normalized spacial score (nSPS) is 10.5. The zero-order valence-electron chi connectivity index (χ0n) is 13.4. The van der Waals surface area contributed by atoms with E-state index in [-0.39, 0.29) is 18.1 Å². The second-order valence-electron chi connectivity index (χ2n) is 5.33. The molecular formula is C19H18N2O3. The minimum atomic E-state index is -0.250. The van der Waals surface area contributed by atoms with Gasteiger partial charge in [0.1, 0.15) is 5.75 Å². The Hall–Kier alpha value is -3.08. The predicted octanol–water partition coefficient (Wildman–Crippen LogP) is 3.04. The van der Waals surface area contributed by atoms with Gasteiger partial charge in [0, 0.05) is 23.8 Å². The van der Waals surface area contributed by atoms with E-state index in [1.807, 2.05) is 43.3 Å². The number of nitrogens with one attached hydrogen (secondary N) is 1. The third-order valence-corrected chi connectivity index (χ3v) is 3.74. The fourth-order valence-electron chi connectivity index (χ4n) is 2.53. The summed E-state index contributed by atoms with van der Waals surface area (Å²) in [5, 5.41) is 4.05. The summed E-state index contributed by atoms with van der Waals surface area (Å²) in [6, 6.07) is 16.3. The highest BCUT2D eigenvalue weighted by Crippen LogP contribution is 2.23. The number of benzene rings is 2. The van der Waals surface area contributed by atoms with Gasteiger partial charge < -0.3 is 14.6 Å². The van der Waals surface area contributed by atoms with Crippen LogP contribution in [0.1, 0.15) is 6.92 Å². The molecule has 1 heterocycles. The molecule has 3 aromatic rings. The van der Waals surface area contributed by atoms with Crippen LogP contribution in [0.15, 0.2) is 65.6 Å². The second-order valence-corrected chi connectivity index (χ2v) is 5.33. The zero-order valence-corrected chi connectivity index (χ0v) is 13.4. The molecule has 1 amide bonds. The lowest BCUT2D eigenvalue weighted by Crippen LogP contribution is -2.21. The van der Waals surface area contributed by atoms with Crippen LogP contribution >= 0.6 is 0 Å². The highest BCUT2D eigenvalue weighted by molar-refractivity contribution is 5.92. The number of para-hydroxylation sites is 1. The van der Waals surface area contributed by atoms with Crippen molar-refractivity contribution in [2.75, 3.05) is 11.9 Å². The summed E-state index contributed by atoms with van der Waals surface area (Å²) in [7, 11) is 0. The molecule has 0 atom stereocenters. The fraction of sp³-hybridized carbons (Fsp3) is 0.158. The maximum Gasteiger partial charge on any atom is 0.262 e. The van der Waals surface area contributed by atoms with E-state index in [2.05, 4.69) is 5.32 Å². The first-order valence-corrected chi connectivity index (χ1v) is 7.79. The number of pyridine rings is 1. The van der Waals surface area contributed by atoms with Crippen molar-refractivity contribution >= 4 is 22.4 Å². The van der Waals surface area contributed by atoms with Gasteiger partial charge in [0.25, 0.3) is 11.5 Å². The lowest BCUT2D eigenvalue weighted by atomic mass is 10.1. The number of nitrogens with zero attached hydrogens (tertiary/aromatic N) is 1. The summed E-state index contributed by atoms with van der Waals surface area (Å²) in [6.45, 7) is 2.41. The fourth-order valence-corrected chi connectivity index (χ4v) is 2.53. The second kappa shape index (κ2) is 7.00. The largest absolute Gasteiger partial charge is 0.483 e. The van der Waals surface area contributed by atoms with Crippen LogP contribution in [0, 0.1) is 0 Å². The van der Waals surface area contributed by atoms with Crippen LogP contribution in [-0.2, 0) is 11.3 Å². The van der Waals surface area contributed by atoms with Gasteiger partial charge in [-0.2, -0.15) is 0 Å². The Morgan fingerprint density at radius 1 is 1.04 bits per heavy atom. The molecule has 24 heavy (non-hydrogen) atoms. The van der Waals surface area contributed by atoms with Crippen molar-refractivity contribution in [3.63, 3.8) is 0 Å². The molecule has 0 saturated heterocycles. The van der Waals surface area contributed by atoms with Gasteiger partial charge in [-0.05, 0) is 37.3 Å². The molecule has 0 aliphatic carbocycles. The molecule has 122 valence electrons. The number of carbonyl (C=O) groups is 1. The topological polar surface area (TPSA) is 60.3 Å². The highest BCUT2D eigenvalue weighted by atomic mass is 16.5. The first kappa shape index (κ1) is 15.8. The number of ether oxygens (including phenoxy) is 1. The van der Waals surface area contributed by atoms with Crippen molar-refractivity contribution in [3.05, 3.63) is 71.1 Å². The predicted molar refractivity (Wildman–Crippen MR) is 94.4 cm³/mol. The third-order valence-electron chi connectivity index (χ3n) is 3.74. The SMILES string of the molecule is CCn1ccc2c(OCC(=O)Nc3ccccc3)cccc2c1=O. The van der Waals surface area contributed by atoms with Crippen molar-refractivity contribution < 1.29 is 9.53 Å². The van der Waals surface area contributed by atoms with Crippen molar-refractivity contribution in [2.24, 2.45) is 0 Å². The van der Waals surface area contributed by atoms with Gasteiger partial charge in [-0.3, -0.25) is 9.59 Å². The van der Waals surface area contributed by atoms with Crippen molar-refractivity contribution in [3.8, 4) is 5.75 Å². The average molecular weight is 322 g/mol. The summed E-state index contributed by atoms with van der Waals surface area (Å²) in [5.74, 6) is 0.274. The van der Waals surface area contributed by atoms with E-state index in [0.29, 0.717) is 23.1 Å². The summed E-state index contributed by atoms with van der Waals surface area (Å²) in [5.41, 5.74) is 0.657. The van der Waals surface area contributed by atoms with Crippen LogP contribution in [0.3, 0.4) is 0 Å². The highest BCUT2D eigenvalue weighted by Gasteiger charge is 2.09. The van der Waals surface area contributed by atoms with Crippen LogP contribution in [0.25, 0.3) is 10.8 Å². The van der Waals surface area contributed by atoms with E-state index in [4.69, 9.17) is 4.74 Å². The molecule has 2 aromatic carbocycles. The number of amides is 1. The monoisotopic (exact) mass is 322 g/mol. The third kappa shape index (κ3) is 3.30. The lowest BCUT2D eigenvalue weighted by Gasteiger charge is -2.11. The molecule has 5 heteroatoms. The number of fused-ring (bicyclic) bond motifs is 1. The number of carbonyl (C=O) groups excluding carboxylic acids is 1. The number of aryl methyl sites for hydroxylation is 1. The van der Waals surface area contributed by atoms with Gasteiger partial charge in [0.05, 0.1) is 5.39 Å². The van der Waals surface area contributed by atoms with E-state index in [9.17, 15) is 9.59 Å². The summed E-state index contributed by atoms with van der Waals surface area (Å²) in [4.78, 5) is 24.3. The maximum atomic E-state index is 12.3. The average Bonchev–Trinajstić information content (AvgIpc) is 2.61. The van der Waals surface area contributed by atoms with Gasteiger partial charge in [-0.15, -0.1) is 0 Å². The number of aromatic nitrogens is 1. The number of hydrogen-bond donors (Lipinski definition) is 1. The smallest absolute Gasteiger partial charge is 0.262 e. The lowest BCUT2D eigenvalue weighted by molar-refractivity contribution is -0.118. The minimum absolute atomic E-state index is 0.0609. The van der Waals surface area contributed by atoms with Gasteiger partial charge in [0.2, 0.25) is 0 Å². The molecule has 0 unspecified atom stereocenters. The molecule has 3 rings (SSSR count). The van der Waals surface area contributed by atoms with Crippen molar-refractivity contribution in [2.45, 2.75) is 13.5 Å². The Morgan fingerprint density at radius 2 is 1.83 bits per heavy atom. The molecule has 0 fully saturated rings. The van der Waals surface area contributed by atoms with E-state index in [1.54, 1.807) is 29.0 Å². The Bertz CT molecular complexity index is 917. The minimum Gasteiger partial charge on any atom is -0.483 e. The van der Waals surface area contributed by atoms with E-state index >= 15 is 0 Å². The van der Waals surface area contributed by atoms with Crippen LogP contribution in [-0.4, -0.2) is 17.1 Å². The molecule has 0 aliphatic heterocycles. The van der Waals surface area contributed by atoms with E-state index in [0.717, 1.165) is 5.69 Å². The first-order valence-electron chi connectivity index (χ1n) is 7.79. The Morgan fingerprint density at radius 3 is 2.58 bits per heavy atom. The molecule has 5 nitrogen and oxygen atoms in total. The number of rotatable bonds is 5. The first-order chi connectivity index (χ1) is 11.7. The van der Waals surface area contributed by atoms with Crippen LogP contribution in [0.2, 0.25) is 0 Å². The van der Waals surface area contributed by atoms with E-state index < -0.39 is 0 Å². The standard InChI is InChI=1S/C19H18N2O3/c1-2-21-12-11-15-16(19(21)23)9-6-10-17(15)24-13-18(22)20-14-7-4-3-5-8-14/h3-12H,2,13H2,1H3,(H,20,22). The van der Waals surface area contributed by atoms with Gasteiger partial charge >= 0.3 is 0 Å². The maximum absolute atomic E-state index is 12.3. The number of hydrogen-bond acceptors (Lipinski definition) is 3. The number of anilines is 1. The molecule has 1 aromatic heterocycles. The summed E-state index contributed by atoms with van der Waals surface area (Å²) in [6.07, 6.45) is 1.74. The van der Waals surface area contributed by atoms with E-state index in [1.165, 1.54) is 0 Å². The van der Waals surface area contributed by atoms with Gasteiger partial charge in [-0.1, -0.05) is 24.3 Å². The Balaban J connectivity index is 1.77. The van der Waals surface area contributed by atoms with Crippen LogP contribution in [0.4, 0.5) is 5.69 Å². The molecule has 0 aliphatic rings. The quantitative estimate of drug-likeness (QED) is 0.785. The molecule has 1 N–H and O–H groups in total. The van der Waals surface area contributed by atoms with Gasteiger partial charge in [0.15, 0.2) is 6.61 Å². The van der Waals surface area contributed by atoms with Crippen molar-refractivity contribution in [1.82, 2.24) is 4.57 Å². The van der Waals surface area contributed by atoms with Gasteiger partial charge in [-0.25, -0.2) is 0 Å². The molecule has 0 bridgehead atoms. The summed E-state index contributed by atoms with van der Waals surface area (Å²) < 4.78 is 7.25. The molecular weight excluding hydrogens is 304 g/mol. The molecule has 0 radical (unpaired) electrons. The summed E-state index contributed by atoms with van der Waals surface area (Å²) >= 11 is 0. The molecule has 0 saturated carbocycles. The van der Waals surface area contributed by atoms with Crippen molar-refractivity contribution in [1.29, 1.82) is 0 Å². The Kier molecular flexibility index (Phi) is 4.61. The Labute approximate surface area is 139 Å². The molecule has 0 spiro atoms.